The van der Waals surface area contributed by atoms with Crippen molar-refractivity contribution in [3.05, 3.63) is 40.2 Å². The van der Waals surface area contributed by atoms with E-state index >= 15 is 0 Å². The molecule has 1 aliphatic heterocycles. The molecule has 2 amide bonds. The Labute approximate surface area is 219 Å². The number of carbonyl (C=O) groups excluding carboxylic acids is 2. The monoisotopic (exact) mass is 511 g/mol. The molecule has 2 heterocycles. The predicted molar refractivity (Wildman–Crippen MR) is 145 cm³/mol. The predicted octanol–water partition coefficient (Wildman–Crippen LogP) is 6.03. The summed E-state index contributed by atoms with van der Waals surface area (Å²) in [5, 5.41) is 1.07. The Morgan fingerprint density at radius 1 is 0.946 bits per heavy atom. The molecule has 202 valence electrons. The van der Waals surface area contributed by atoms with Crippen LogP contribution in [-0.4, -0.2) is 52.0 Å². The molecule has 1 unspecified atom stereocenters. The molecule has 0 bridgehead atoms. The van der Waals surface area contributed by atoms with Crippen LogP contribution in [0.2, 0.25) is 0 Å². The lowest BCUT2D eigenvalue weighted by Crippen LogP contribution is -2.50. The molecule has 37 heavy (non-hydrogen) atoms. The van der Waals surface area contributed by atoms with Gasteiger partial charge >= 0.3 is 12.2 Å². The number of fused-ring (bicyclic) bond motifs is 1. The first kappa shape index (κ1) is 27.0. The van der Waals surface area contributed by atoms with Crippen LogP contribution in [0.3, 0.4) is 0 Å². The Morgan fingerprint density at radius 2 is 1.51 bits per heavy atom. The smallest absolute Gasteiger partial charge is 0.420 e. The van der Waals surface area contributed by atoms with Crippen LogP contribution < -0.4 is 10.5 Å². The van der Waals surface area contributed by atoms with Gasteiger partial charge in [-0.05, 0) is 104 Å². The number of imide groups is 1. The number of aromatic nitrogens is 1. The van der Waals surface area contributed by atoms with Gasteiger partial charge in [0.1, 0.15) is 11.2 Å². The van der Waals surface area contributed by atoms with Crippen LogP contribution in [0.1, 0.15) is 79.3 Å². The van der Waals surface area contributed by atoms with Gasteiger partial charge in [-0.15, -0.1) is 0 Å². The minimum Gasteiger partial charge on any atom is -0.443 e. The van der Waals surface area contributed by atoms with E-state index in [1.807, 2.05) is 17.6 Å². The number of hydrogen-bond donors (Lipinski definition) is 0. The van der Waals surface area contributed by atoms with Gasteiger partial charge in [-0.25, -0.2) is 14.5 Å². The fourth-order valence-corrected chi connectivity index (χ4v) is 5.19. The van der Waals surface area contributed by atoms with E-state index in [4.69, 9.17) is 9.47 Å². The molecule has 1 aliphatic carbocycles. The second-order valence-corrected chi connectivity index (χ2v) is 12.5. The maximum Gasteiger partial charge on any atom is 0.420 e. The van der Waals surface area contributed by atoms with Gasteiger partial charge in [0.2, 0.25) is 0 Å². The lowest BCUT2D eigenvalue weighted by atomic mass is 9.99. The largest absolute Gasteiger partial charge is 0.443 e. The Kier molecular flexibility index (Phi) is 7.08. The topological polar surface area (TPSA) is 81.1 Å². The first-order valence-electron chi connectivity index (χ1n) is 13.3. The van der Waals surface area contributed by atoms with Gasteiger partial charge in [0.05, 0.1) is 5.52 Å². The summed E-state index contributed by atoms with van der Waals surface area (Å²) in [5.41, 5.74) is 1.76. The Morgan fingerprint density at radius 3 is 2.05 bits per heavy atom. The second kappa shape index (κ2) is 9.69. The van der Waals surface area contributed by atoms with E-state index < -0.39 is 29.4 Å². The van der Waals surface area contributed by atoms with Gasteiger partial charge in [0.25, 0.3) is 5.56 Å². The molecular formula is C29H41N3O5. The SMILES string of the molecule is Cc1c(N2CCC([C@H](C)N(C(=O)OC(C)(C)C)C(=O)OC(C)(C)C)C2)ccc2ccc(=O)n(C3CC3)c12. The van der Waals surface area contributed by atoms with Crippen LogP contribution in [0.4, 0.5) is 15.3 Å². The van der Waals surface area contributed by atoms with E-state index in [0.717, 1.165) is 52.9 Å². The molecule has 8 heteroatoms. The van der Waals surface area contributed by atoms with E-state index in [1.165, 1.54) is 0 Å². The number of carbonyl (C=O) groups is 2. The summed E-state index contributed by atoms with van der Waals surface area (Å²) in [4.78, 5) is 42.4. The number of amides is 2. The molecule has 2 aliphatic rings. The summed E-state index contributed by atoms with van der Waals surface area (Å²) >= 11 is 0. The van der Waals surface area contributed by atoms with Crippen molar-refractivity contribution in [1.82, 2.24) is 9.47 Å². The molecule has 2 fully saturated rings. The summed E-state index contributed by atoms with van der Waals surface area (Å²) in [5.74, 6) is 0.0385. The summed E-state index contributed by atoms with van der Waals surface area (Å²) < 4.78 is 13.1. The maximum atomic E-state index is 13.1. The molecule has 2 atom stereocenters. The highest BCUT2D eigenvalue weighted by Gasteiger charge is 2.40. The van der Waals surface area contributed by atoms with Crippen molar-refractivity contribution in [2.75, 3.05) is 18.0 Å². The highest BCUT2D eigenvalue weighted by Crippen LogP contribution is 2.39. The van der Waals surface area contributed by atoms with Crippen LogP contribution in [0.15, 0.2) is 29.1 Å². The van der Waals surface area contributed by atoms with E-state index in [9.17, 15) is 14.4 Å². The van der Waals surface area contributed by atoms with Crippen LogP contribution in [0.25, 0.3) is 10.9 Å². The second-order valence-electron chi connectivity index (χ2n) is 12.5. The van der Waals surface area contributed by atoms with Gasteiger partial charge in [-0.1, -0.05) is 6.07 Å². The lowest BCUT2D eigenvalue weighted by molar-refractivity contribution is -0.0103. The Bertz CT molecular complexity index is 1220. The van der Waals surface area contributed by atoms with Gasteiger partial charge in [0, 0.05) is 36.9 Å². The number of anilines is 1. The first-order chi connectivity index (χ1) is 17.2. The first-order valence-corrected chi connectivity index (χ1v) is 13.3. The van der Waals surface area contributed by atoms with Gasteiger partial charge < -0.3 is 18.9 Å². The fraction of sp³-hybridized carbons (Fsp3) is 0.621. The number of pyridine rings is 1. The summed E-state index contributed by atoms with van der Waals surface area (Å²) in [7, 11) is 0. The van der Waals surface area contributed by atoms with Gasteiger partial charge in [-0.3, -0.25) is 4.79 Å². The van der Waals surface area contributed by atoms with E-state index in [0.29, 0.717) is 6.54 Å². The highest BCUT2D eigenvalue weighted by molar-refractivity contribution is 5.89. The molecular weight excluding hydrogens is 470 g/mol. The maximum absolute atomic E-state index is 13.1. The molecule has 2 aromatic rings. The number of hydrogen-bond acceptors (Lipinski definition) is 6. The quantitative estimate of drug-likeness (QED) is 0.498. The minimum atomic E-state index is -0.738. The Balaban J connectivity index is 1.60. The third kappa shape index (κ3) is 5.94. The third-order valence-corrected chi connectivity index (χ3v) is 7.06. The van der Waals surface area contributed by atoms with Crippen molar-refractivity contribution in [3.8, 4) is 0 Å². The molecule has 1 aromatic heterocycles. The third-order valence-electron chi connectivity index (χ3n) is 7.06. The molecule has 8 nitrogen and oxygen atoms in total. The zero-order valence-corrected chi connectivity index (χ0v) is 23.5. The normalized spacial score (nSPS) is 19.1. The van der Waals surface area contributed by atoms with E-state index in [-0.39, 0.29) is 17.5 Å². The van der Waals surface area contributed by atoms with Crippen LogP contribution in [0, 0.1) is 12.8 Å². The van der Waals surface area contributed by atoms with Gasteiger partial charge in [-0.2, -0.15) is 0 Å². The van der Waals surface area contributed by atoms with Crippen molar-refractivity contribution in [2.24, 2.45) is 5.92 Å². The molecule has 0 radical (unpaired) electrons. The highest BCUT2D eigenvalue weighted by atomic mass is 16.6. The number of benzene rings is 1. The Hall–Kier alpha value is -3.03. The van der Waals surface area contributed by atoms with Crippen molar-refractivity contribution in [2.45, 2.75) is 97.9 Å². The fourth-order valence-electron chi connectivity index (χ4n) is 5.19. The van der Waals surface area contributed by atoms with E-state index in [2.05, 4.69) is 24.0 Å². The van der Waals surface area contributed by atoms with Crippen molar-refractivity contribution < 1.29 is 19.1 Å². The minimum absolute atomic E-state index is 0.0385. The average Bonchev–Trinajstić information content (AvgIpc) is 3.47. The van der Waals surface area contributed by atoms with E-state index in [1.54, 1.807) is 47.6 Å². The zero-order chi connectivity index (χ0) is 27.3. The lowest BCUT2D eigenvalue weighted by Gasteiger charge is -2.34. The molecule has 4 rings (SSSR count). The van der Waals surface area contributed by atoms with Gasteiger partial charge in [0.15, 0.2) is 0 Å². The molecule has 1 saturated carbocycles. The molecule has 1 aromatic carbocycles. The summed E-state index contributed by atoms with van der Waals surface area (Å²) in [6.45, 7) is 16.1. The number of aryl methyl sites for hydroxylation is 1. The van der Waals surface area contributed by atoms with Crippen LogP contribution in [-0.2, 0) is 9.47 Å². The van der Waals surface area contributed by atoms with Crippen molar-refractivity contribution >= 4 is 28.8 Å². The standard InChI is InChI=1S/C29H41N3O5/c1-18-23(13-9-20-10-14-24(33)32(25(18)20)22-11-12-22)30-16-15-21(17-30)19(2)31(26(34)36-28(3,4)5)27(35)37-29(6,7)8/h9-10,13-14,19,21-22H,11-12,15-17H2,1-8H3/t19-,21?/m0/s1. The molecule has 0 spiro atoms. The number of rotatable bonds is 4. The number of nitrogens with zero attached hydrogens (tertiary/aromatic N) is 3. The average molecular weight is 512 g/mol. The summed E-state index contributed by atoms with van der Waals surface area (Å²) in [6, 6.07) is 7.64. The van der Waals surface area contributed by atoms with Crippen LogP contribution >= 0.6 is 0 Å². The van der Waals surface area contributed by atoms with Crippen molar-refractivity contribution in [3.63, 3.8) is 0 Å². The summed E-state index contributed by atoms with van der Waals surface area (Å²) in [6.07, 6.45) is 1.50. The van der Waals surface area contributed by atoms with Crippen LogP contribution in [0.5, 0.6) is 0 Å². The zero-order valence-electron chi connectivity index (χ0n) is 23.5. The molecule has 1 saturated heterocycles. The van der Waals surface area contributed by atoms with Crippen molar-refractivity contribution in [1.29, 1.82) is 0 Å². The number of ether oxygens (including phenoxy) is 2. The molecule has 0 N–H and O–H groups in total.